The molecule has 3 aliphatic heterocycles. The van der Waals surface area contributed by atoms with E-state index >= 15 is 0 Å². The number of urea groups is 1. The van der Waals surface area contributed by atoms with Gasteiger partial charge in [-0.2, -0.15) is 0 Å². The predicted octanol–water partition coefficient (Wildman–Crippen LogP) is 2.53. The van der Waals surface area contributed by atoms with E-state index in [9.17, 15) is 14.4 Å². The van der Waals surface area contributed by atoms with Gasteiger partial charge in [0.25, 0.3) is 5.91 Å². The van der Waals surface area contributed by atoms with Crippen LogP contribution in [0.3, 0.4) is 0 Å². The summed E-state index contributed by atoms with van der Waals surface area (Å²) in [5.41, 5.74) is 8.86. The molecule has 11 heteroatoms. The molecule has 3 unspecified atom stereocenters. The molecule has 3 aliphatic rings. The number of nitrogens with zero attached hydrogens (tertiary/aromatic N) is 3. The summed E-state index contributed by atoms with van der Waals surface area (Å²) < 4.78 is 0. The fourth-order valence-electron chi connectivity index (χ4n) is 6.71. The molecule has 5 rings (SSSR count). The summed E-state index contributed by atoms with van der Waals surface area (Å²) in [4.78, 5) is 44.3. The molecule has 2 aromatic carbocycles. The quantitative estimate of drug-likeness (QED) is 0.280. The molecule has 44 heavy (non-hydrogen) atoms. The van der Waals surface area contributed by atoms with Gasteiger partial charge in [0.1, 0.15) is 0 Å². The van der Waals surface area contributed by atoms with Crippen LogP contribution in [0.2, 0.25) is 0 Å². The Balaban J connectivity index is 1.15. The summed E-state index contributed by atoms with van der Waals surface area (Å²) in [6, 6.07) is 17.2. The Morgan fingerprint density at radius 2 is 1.73 bits per heavy atom. The van der Waals surface area contributed by atoms with Crippen molar-refractivity contribution in [3.63, 3.8) is 0 Å². The maximum atomic E-state index is 13.7. The van der Waals surface area contributed by atoms with Gasteiger partial charge in [-0.3, -0.25) is 20.3 Å². The fourth-order valence-corrected chi connectivity index (χ4v) is 6.71. The molecule has 0 bridgehead atoms. The number of hydrogen-bond acceptors (Lipinski definition) is 7. The van der Waals surface area contributed by atoms with E-state index in [0.29, 0.717) is 37.4 Å². The zero-order valence-corrected chi connectivity index (χ0v) is 26.2. The Bertz CT molecular complexity index is 1320. The maximum absolute atomic E-state index is 13.7. The first kappa shape index (κ1) is 31.6. The average Bonchev–Trinajstić information content (AvgIpc) is 3.54. The van der Waals surface area contributed by atoms with Gasteiger partial charge in [0, 0.05) is 49.4 Å². The van der Waals surface area contributed by atoms with E-state index in [2.05, 4.69) is 64.3 Å². The smallest absolute Gasteiger partial charge is 0.318 e. The van der Waals surface area contributed by atoms with Crippen molar-refractivity contribution in [2.45, 2.75) is 56.5 Å². The second kappa shape index (κ2) is 13.5. The van der Waals surface area contributed by atoms with Crippen LogP contribution < -0.4 is 26.8 Å². The summed E-state index contributed by atoms with van der Waals surface area (Å²) in [5.74, 6) is -0.0988. The van der Waals surface area contributed by atoms with Crippen LogP contribution in [-0.2, 0) is 4.79 Å². The number of carbonyl (C=O) groups excluding carboxylic acids is 3. The number of rotatable bonds is 9. The Hall–Kier alpha value is -3.77. The van der Waals surface area contributed by atoms with Crippen molar-refractivity contribution in [2.75, 3.05) is 45.6 Å². The number of hydrogen-bond donors (Lipinski definition) is 5. The van der Waals surface area contributed by atoms with Gasteiger partial charge in [-0.1, -0.05) is 36.9 Å². The molecule has 0 saturated carbocycles. The Morgan fingerprint density at radius 3 is 2.36 bits per heavy atom. The molecule has 11 nitrogen and oxygen atoms in total. The van der Waals surface area contributed by atoms with Crippen LogP contribution in [0.4, 0.5) is 10.5 Å². The van der Waals surface area contributed by atoms with Crippen molar-refractivity contribution in [2.24, 2.45) is 5.92 Å². The van der Waals surface area contributed by atoms with Crippen molar-refractivity contribution in [1.82, 2.24) is 36.2 Å². The SMILES string of the molecule is C=CC(=O)Nc1ccc(C(=O)N2CCC(NC3NNC4C3CN(C(=O)N[C@H](CN(C)C)c3ccccc3)C4(C)C)CC2)cc1. The number of amides is 4. The Kier molecular flexibility index (Phi) is 9.69. The molecule has 4 amide bonds. The third-order valence-corrected chi connectivity index (χ3v) is 9.18. The number of likely N-dealkylation sites (N-methyl/N-ethyl adjacent to an activating group) is 1. The van der Waals surface area contributed by atoms with Crippen LogP contribution in [0.5, 0.6) is 0 Å². The van der Waals surface area contributed by atoms with Crippen LogP contribution in [0.25, 0.3) is 0 Å². The topological polar surface area (TPSA) is 121 Å². The number of carbonyl (C=O) groups is 3. The van der Waals surface area contributed by atoms with E-state index < -0.39 is 5.54 Å². The van der Waals surface area contributed by atoms with Crippen molar-refractivity contribution >= 4 is 23.5 Å². The van der Waals surface area contributed by atoms with Crippen LogP contribution in [0, 0.1) is 5.92 Å². The van der Waals surface area contributed by atoms with E-state index in [1.165, 1.54) is 6.08 Å². The summed E-state index contributed by atoms with van der Waals surface area (Å²) >= 11 is 0. The molecule has 2 aromatic rings. The standard InChI is InChI=1S/C33H46N8O3/c1-6-28(42)34-24-14-12-23(13-15-24)31(43)40-18-16-25(17-19-40)35-30-26-20-41(33(2,3)29(26)37-38-30)32(44)36-27(21-39(4)5)22-10-8-7-9-11-22/h6-15,25-27,29-30,35,37-38H,1,16-21H2,2-5H3,(H,34,42)(H,36,44)/t26?,27-,29?,30?/m1/s1. The lowest BCUT2D eigenvalue weighted by atomic mass is 9.89. The molecular formula is C33H46N8O3. The zero-order chi connectivity index (χ0) is 31.4. The number of likely N-dealkylation sites (tertiary alicyclic amines) is 2. The van der Waals surface area contributed by atoms with E-state index in [4.69, 9.17) is 0 Å². The second-order valence-electron chi connectivity index (χ2n) is 12.9. The third-order valence-electron chi connectivity index (χ3n) is 9.18. The van der Waals surface area contributed by atoms with Gasteiger partial charge in [0.15, 0.2) is 0 Å². The lowest BCUT2D eigenvalue weighted by Crippen LogP contribution is -2.58. The minimum absolute atomic E-state index is 0.00644. The number of piperidine rings is 1. The monoisotopic (exact) mass is 602 g/mol. The largest absolute Gasteiger partial charge is 0.339 e. The number of fused-ring (bicyclic) bond motifs is 1. The predicted molar refractivity (Wildman–Crippen MR) is 172 cm³/mol. The fraction of sp³-hybridized carbons (Fsp3) is 0.485. The van der Waals surface area contributed by atoms with Gasteiger partial charge < -0.3 is 25.3 Å². The summed E-state index contributed by atoms with van der Waals surface area (Å²) in [5, 5.41) is 9.79. The first-order valence-electron chi connectivity index (χ1n) is 15.4. The zero-order valence-electron chi connectivity index (χ0n) is 26.2. The molecular weight excluding hydrogens is 556 g/mol. The van der Waals surface area contributed by atoms with Crippen molar-refractivity contribution in [3.8, 4) is 0 Å². The summed E-state index contributed by atoms with van der Waals surface area (Å²) in [7, 11) is 4.03. The van der Waals surface area contributed by atoms with Gasteiger partial charge in [0.05, 0.1) is 23.8 Å². The minimum atomic E-state index is -0.392. The van der Waals surface area contributed by atoms with E-state index in [0.717, 1.165) is 18.4 Å². The molecule has 3 heterocycles. The average molecular weight is 603 g/mol. The molecule has 3 saturated heterocycles. The molecule has 0 aromatic heterocycles. The molecule has 4 atom stereocenters. The van der Waals surface area contributed by atoms with Gasteiger partial charge in [-0.05, 0) is 76.7 Å². The highest BCUT2D eigenvalue weighted by atomic mass is 16.2. The van der Waals surface area contributed by atoms with Crippen molar-refractivity contribution in [3.05, 3.63) is 78.4 Å². The van der Waals surface area contributed by atoms with Crippen molar-refractivity contribution < 1.29 is 14.4 Å². The highest BCUT2D eigenvalue weighted by molar-refractivity contribution is 5.99. The molecule has 3 fully saturated rings. The third kappa shape index (κ3) is 6.96. The highest BCUT2D eigenvalue weighted by Crippen LogP contribution is 2.37. The van der Waals surface area contributed by atoms with Gasteiger partial charge in [-0.25, -0.2) is 10.2 Å². The van der Waals surface area contributed by atoms with Crippen LogP contribution in [-0.4, -0.2) is 96.6 Å². The van der Waals surface area contributed by atoms with Gasteiger partial charge in [0.2, 0.25) is 5.91 Å². The summed E-state index contributed by atoms with van der Waals surface area (Å²) in [6.45, 7) is 10.4. The van der Waals surface area contributed by atoms with Crippen LogP contribution in [0.15, 0.2) is 67.3 Å². The van der Waals surface area contributed by atoms with Crippen LogP contribution in [0.1, 0.15) is 48.7 Å². The van der Waals surface area contributed by atoms with E-state index in [1.807, 2.05) is 42.1 Å². The van der Waals surface area contributed by atoms with E-state index in [1.54, 1.807) is 24.3 Å². The van der Waals surface area contributed by atoms with Crippen molar-refractivity contribution in [1.29, 1.82) is 0 Å². The number of anilines is 1. The molecule has 236 valence electrons. The van der Waals surface area contributed by atoms with Crippen LogP contribution >= 0.6 is 0 Å². The molecule has 0 aliphatic carbocycles. The molecule has 0 radical (unpaired) electrons. The first-order chi connectivity index (χ1) is 21.1. The molecule has 5 N–H and O–H groups in total. The Labute approximate surface area is 260 Å². The molecule has 0 spiro atoms. The maximum Gasteiger partial charge on any atom is 0.318 e. The lowest BCUT2D eigenvalue weighted by Gasteiger charge is -2.37. The van der Waals surface area contributed by atoms with Gasteiger partial charge >= 0.3 is 6.03 Å². The number of hydrazine groups is 1. The number of nitrogens with one attached hydrogen (secondary N) is 5. The number of benzene rings is 2. The first-order valence-corrected chi connectivity index (χ1v) is 15.4. The minimum Gasteiger partial charge on any atom is -0.339 e. The highest BCUT2D eigenvalue weighted by Gasteiger charge is 2.55. The summed E-state index contributed by atoms with van der Waals surface area (Å²) in [6.07, 6.45) is 2.90. The second-order valence-corrected chi connectivity index (χ2v) is 12.9. The van der Waals surface area contributed by atoms with E-state index in [-0.39, 0.29) is 48.1 Å². The normalized spacial score (nSPS) is 23.7. The lowest BCUT2D eigenvalue weighted by molar-refractivity contribution is -0.111. The Morgan fingerprint density at radius 1 is 1.05 bits per heavy atom. The van der Waals surface area contributed by atoms with Gasteiger partial charge in [-0.15, -0.1) is 0 Å².